The van der Waals surface area contributed by atoms with Crippen molar-refractivity contribution in [1.29, 1.82) is 0 Å². The Morgan fingerprint density at radius 2 is 1.83 bits per heavy atom. The van der Waals surface area contributed by atoms with Crippen molar-refractivity contribution in [3.8, 4) is 0 Å². The predicted molar refractivity (Wildman–Crippen MR) is 87.3 cm³/mol. The van der Waals surface area contributed by atoms with Gasteiger partial charge in [-0.3, -0.25) is 24.0 Å². The monoisotopic (exact) mass is 333 g/mol. The Morgan fingerprint density at radius 1 is 1.17 bits per heavy atom. The predicted octanol–water partition coefficient (Wildman–Crippen LogP) is 1.75. The first-order valence-electron chi connectivity index (χ1n) is 7.86. The summed E-state index contributed by atoms with van der Waals surface area (Å²) in [6.45, 7) is 5.69. The normalized spacial score (nSPS) is 19.0. The van der Waals surface area contributed by atoms with Crippen LogP contribution in [0.15, 0.2) is 16.9 Å². The van der Waals surface area contributed by atoms with E-state index in [1.54, 1.807) is 13.1 Å². The van der Waals surface area contributed by atoms with Crippen LogP contribution in [-0.2, 0) is 22.1 Å². The first-order chi connectivity index (χ1) is 11.1. The lowest BCUT2D eigenvalue weighted by atomic mass is 9.86. The first kappa shape index (κ1) is 16.4. The highest BCUT2D eigenvalue weighted by atomic mass is 19.1. The Kier molecular flexibility index (Phi) is 3.62. The number of fused-ring (bicyclic) bond motifs is 1. The molecule has 0 spiro atoms. The number of piperidine rings is 1. The standard InChI is InChI=1S/C17H20FN3O3/c1-17(2,3)9-7-12-13(8-10(9)18)21(16(24)20(12)4)11-5-6-14(22)19-15(11)23/h7-8,11H,5-6H2,1-4H3,(H,19,22,23). The second-order valence-electron chi connectivity index (χ2n) is 7.25. The molecule has 0 aliphatic carbocycles. The summed E-state index contributed by atoms with van der Waals surface area (Å²) in [4.78, 5) is 36.1. The smallest absolute Gasteiger partial charge is 0.295 e. The molecule has 1 saturated heterocycles. The molecule has 3 rings (SSSR count). The summed E-state index contributed by atoms with van der Waals surface area (Å²) in [5, 5.41) is 2.24. The largest absolute Gasteiger partial charge is 0.329 e. The fourth-order valence-electron chi connectivity index (χ4n) is 3.19. The number of benzene rings is 1. The molecule has 128 valence electrons. The van der Waals surface area contributed by atoms with E-state index in [1.807, 2.05) is 20.8 Å². The zero-order chi connectivity index (χ0) is 17.8. The highest BCUT2D eigenvalue weighted by Crippen LogP contribution is 2.30. The van der Waals surface area contributed by atoms with E-state index in [-0.39, 0.29) is 18.7 Å². The number of halogens is 1. The van der Waals surface area contributed by atoms with Crippen molar-refractivity contribution < 1.29 is 14.0 Å². The van der Waals surface area contributed by atoms with Gasteiger partial charge in [-0.05, 0) is 23.5 Å². The number of hydrogen-bond acceptors (Lipinski definition) is 3. The van der Waals surface area contributed by atoms with Crippen molar-refractivity contribution in [2.75, 3.05) is 0 Å². The maximum atomic E-state index is 14.6. The molecule has 1 aromatic heterocycles. The molecule has 2 heterocycles. The lowest BCUT2D eigenvalue weighted by Gasteiger charge is -2.23. The van der Waals surface area contributed by atoms with E-state index in [0.717, 1.165) is 0 Å². The molecule has 1 atom stereocenters. The topological polar surface area (TPSA) is 73.1 Å². The van der Waals surface area contributed by atoms with Gasteiger partial charge in [0.15, 0.2) is 0 Å². The molecule has 1 aliphatic rings. The van der Waals surface area contributed by atoms with Crippen molar-refractivity contribution in [1.82, 2.24) is 14.5 Å². The van der Waals surface area contributed by atoms with Crippen LogP contribution in [0.25, 0.3) is 11.0 Å². The molecular weight excluding hydrogens is 313 g/mol. The molecule has 0 radical (unpaired) electrons. The number of hydrogen-bond donors (Lipinski definition) is 1. The van der Waals surface area contributed by atoms with Crippen molar-refractivity contribution in [2.45, 2.75) is 45.1 Å². The lowest BCUT2D eigenvalue weighted by molar-refractivity contribution is -0.135. The summed E-state index contributed by atoms with van der Waals surface area (Å²) in [5.74, 6) is -1.30. The van der Waals surface area contributed by atoms with Crippen LogP contribution in [0, 0.1) is 5.82 Å². The fraction of sp³-hybridized carbons (Fsp3) is 0.471. The maximum Gasteiger partial charge on any atom is 0.329 e. The third-order valence-corrected chi connectivity index (χ3v) is 4.51. The average molecular weight is 333 g/mol. The molecule has 7 heteroatoms. The van der Waals surface area contributed by atoms with Gasteiger partial charge >= 0.3 is 5.69 Å². The van der Waals surface area contributed by atoms with Gasteiger partial charge in [-0.25, -0.2) is 9.18 Å². The van der Waals surface area contributed by atoms with Crippen molar-refractivity contribution in [3.63, 3.8) is 0 Å². The number of aryl methyl sites for hydroxylation is 1. The van der Waals surface area contributed by atoms with Crippen LogP contribution in [0.1, 0.15) is 45.2 Å². The van der Waals surface area contributed by atoms with Crippen molar-refractivity contribution in [3.05, 3.63) is 34.0 Å². The Bertz CT molecular complexity index is 918. The van der Waals surface area contributed by atoms with Crippen LogP contribution in [0.5, 0.6) is 0 Å². The van der Waals surface area contributed by atoms with Gasteiger partial charge in [0.2, 0.25) is 11.8 Å². The number of carbonyl (C=O) groups excluding carboxylic acids is 2. The Balaban J connectivity index is 2.25. The second-order valence-corrected chi connectivity index (χ2v) is 7.25. The number of rotatable bonds is 1. The zero-order valence-electron chi connectivity index (χ0n) is 14.1. The maximum absolute atomic E-state index is 14.6. The summed E-state index contributed by atoms with van der Waals surface area (Å²) >= 11 is 0. The SMILES string of the molecule is Cn1c(=O)n(C2CCC(=O)NC2=O)c2cc(F)c(C(C)(C)C)cc21. The highest BCUT2D eigenvalue weighted by Gasteiger charge is 2.32. The van der Waals surface area contributed by atoms with Gasteiger partial charge in [0.05, 0.1) is 11.0 Å². The van der Waals surface area contributed by atoms with Gasteiger partial charge in [0.1, 0.15) is 11.9 Å². The van der Waals surface area contributed by atoms with E-state index < -0.39 is 28.9 Å². The Labute approximate surface area is 138 Å². The molecular formula is C17H20FN3O3. The third-order valence-electron chi connectivity index (χ3n) is 4.51. The molecule has 1 aromatic carbocycles. The van der Waals surface area contributed by atoms with Gasteiger partial charge in [0, 0.05) is 19.5 Å². The number of aromatic nitrogens is 2. The molecule has 1 fully saturated rings. The van der Waals surface area contributed by atoms with Crippen molar-refractivity contribution >= 4 is 22.8 Å². The molecule has 6 nitrogen and oxygen atoms in total. The minimum absolute atomic E-state index is 0.155. The minimum Gasteiger partial charge on any atom is -0.295 e. The number of imidazole rings is 1. The molecule has 1 aliphatic heterocycles. The van der Waals surface area contributed by atoms with Crippen LogP contribution in [0.3, 0.4) is 0 Å². The lowest BCUT2D eigenvalue weighted by Crippen LogP contribution is -2.44. The highest BCUT2D eigenvalue weighted by molar-refractivity contribution is 6.00. The van der Waals surface area contributed by atoms with Crippen LogP contribution in [0.4, 0.5) is 4.39 Å². The van der Waals surface area contributed by atoms with E-state index in [4.69, 9.17) is 0 Å². The zero-order valence-corrected chi connectivity index (χ0v) is 14.1. The van der Waals surface area contributed by atoms with E-state index in [1.165, 1.54) is 15.2 Å². The third kappa shape index (κ3) is 2.44. The summed E-state index contributed by atoms with van der Waals surface area (Å²) < 4.78 is 17.3. The number of imide groups is 1. The van der Waals surface area contributed by atoms with Crippen LogP contribution in [0.2, 0.25) is 0 Å². The van der Waals surface area contributed by atoms with Gasteiger partial charge in [-0.15, -0.1) is 0 Å². The number of amides is 2. The molecule has 2 amide bonds. The molecule has 2 aromatic rings. The summed E-state index contributed by atoms with van der Waals surface area (Å²) in [5.41, 5.74) is 0.625. The Morgan fingerprint density at radius 3 is 2.42 bits per heavy atom. The van der Waals surface area contributed by atoms with Crippen LogP contribution < -0.4 is 11.0 Å². The van der Waals surface area contributed by atoms with Gasteiger partial charge < -0.3 is 0 Å². The second kappa shape index (κ2) is 5.29. The van der Waals surface area contributed by atoms with E-state index >= 15 is 0 Å². The minimum atomic E-state index is -0.807. The number of carbonyl (C=O) groups is 2. The van der Waals surface area contributed by atoms with E-state index in [2.05, 4.69) is 5.32 Å². The van der Waals surface area contributed by atoms with Crippen LogP contribution in [-0.4, -0.2) is 20.9 Å². The molecule has 1 N–H and O–H groups in total. The summed E-state index contributed by atoms with van der Waals surface area (Å²) in [6.07, 6.45) is 0.383. The molecule has 1 unspecified atom stereocenters. The van der Waals surface area contributed by atoms with Gasteiger partial charge in [-0.1, -0.05) is 20.8 Å². The van der Waals surface area contributed by atoms with Gasteiger partial charge in [0.25, 0.3) is 0 Å². The first-order valence-corrected chi connectivity index (χ1v) is 7.86. The van der Waals surface area contributed by atoms with E-state index in [0.29, 0.717) is 16.6 Å². The summed E-state index contributed by atoms with van der Waals surface area (Å²) in [7, 11) is 1.59. The number of nitrogens with zero attached hydrogens (tertiary/aromatic N) is 2. The Hall–Kier alpha value is -2.44. The van der Waals surface area contributed by atoms with Gasteiger partial charge in [-0.2, -0.15) is 0 Å². The average Bonchev–Trinajstić information content (AvgIpc) is 2.69. The molecule has 0 bridgehead atoms. The summed E-state index contributed by atoms with van der Waals surface area (Å²) in [6, 6.07) is 2.16. The molecule has 24 heavy (non-hydrogen) atoms. The number of nitrogens with one attached hydrogen (secondary N) is 1. The van der Waals surface area contributed by atoms with Crippen molar-refractivity contribution in [2.24, 2.45) is 7.05 Å². The molecule has 0 saturated carbocycles. The quantitative estimate of drug-likeness (QED) is 0.808. The van der Waals surface area contributed by atoms with E-state index in [9.17, 15) is 18.8 Å². The fourth-order valence-corrected chi connectivity index (χ4v) is 3.19. The van der Waals surface area contributed by atoms with Crippen LogP contribution >= 0.6 is 0 Å².